The van der Waals surface area contributed by atoms with E-state index in [-0.39, 0.29) is 6.03 Å². The minimum absolute atomic E-state index is 0.0325. The Morgan fingerprint density at radius 3 is 1.81 bits per heavy atom. The van der Waals surface area contributed by atoms with Gasteiger partial charge >= 0.3 is 6.03 Å². The highest BCUT2D eigenvalue weighted by Crippen LogP contribution is 2.46. The van der Waals surface area contributed by atoms with Crippen LogP contribution >= 0.6 is 12.8 Å². The summed E-state index contributed by atoms with van der Waals surface area (Å²) in [5, 5.41) is 3.26. The van der Waals surface area contributed by atoms with E-state index in [2.05, 4.69) is 23.5 Å². The second-order valence-electron chi connectivity index (χ2n) is 8.84. The third-order valence-electron chi connectivity index (χ3n) is 7.03. The van der Waals surface area contributed by atoms with Crippen molar-refractivity contribution in [1.29, 1.82) is 0 Å². The number of para-hydroxylation sites is 1. The maximum atomic E-state index is 13.1. The van der Waals surface area contributed by atoms with Gasteiger partial charge in [0.2, 0.25) is 0 Å². The van der Waals surface area contributed by atoms with Crippen LogP contribution in [0, 0.1) is 0 Å². The zero-order valence-corrected chi connectivity index (χ0v) is 17.4. The molecule has 0 aromatic heterocycles. The summed E-state index contributed by atoms with van der Waals surface area (Å²) in [7, 11) is 0. The second-order valence-corrected chi connectivity index (χ2v) is 9.24. The first-order valence-electron chi connectivity index (χ1n) is 11.2. The Kier molecular flexibility index (Phi) is 6.31. The van der Waals surface area contributed by atoms with Crippen molar-refractivity contribution in [3.05, 3.63) is 29.3 Å². The largest absolute Gasteiger partial charge is 0.334 e. The van der Waals surface area contributed by atoms with Crippen LogP contribution < -0.4 is 9.62 Å². The van der Waals surface area contributed by atoms with Gasteiger partial charge in [0.15, 0.2) is 0 Å². The summed E-state index contributed by atoms with van der Waals surface area (Å²) in [6.07, 6.45) is 16.1. The van der Waals surface area contributed by atoms with Crippen molar-refractivity contribution < 1.29 is 4.79 Å². The van der Waals surface area contributed by atoms with Gasteiger partial charge in [0.1, 0.15) is 0 Å². The molecule has 3 saturated carbocycles. The van der Waals surface area contributed by atoms with Gasteiger partial charge in [-0.25, -0.2) is 9.10 Å². The van der Waals surface area contributed by atoms with E-state index in [4.69, 9.17) is 12.8 Å². The monoisotopic (exact) mass is 386 g/mol. The lowest BCUT2D eigenvalue weighted by molar-refractivity contribution is 0.242. The van der Waals surface area contributed by atoms with Gasteiger partial charge in [-0.2, -0.15) is 0 Å². The Bertz CT molecular complexity index is 610. The van der Waals surface area contributed by atoms with Gasteiger partial charge in [-0.05, 0) is 61.5 Å². The summed E-state index contributed by atoms with van der Waals surface area (Å²) < 4.78 is 1.66. The number of hydrogen-bond donors (Lipinski definition) is 2. The number of benzene rings is 1. The summed E-state index contributed by atoms with van der Waals surface area (Å²) in [6.45, 7) is 0. The minimum Gasteiger partial charge on any atom is -0.334 e. The van der Waals surface area contributed by atoms with Crippen molar-refractivity contribution in [3.63, 3.8) is 0 Å². The maximum Gasteiger partial charge on any atom is 0.332 e. The van der Waals surface area contributed by atoms with Crippen LogP contribution in [0.2, 0.25) is 0 Å². The highest BCUT2D eigenvalue weighted by atomic mass is 32.1. The Labute approximate surface area is 169 Å². The average molecular weight is 387 g/mol. The lowest BCUT2D eigenvalue weighted by Crippen LogP contribution is -2.42. The van der Waals surface area contributed by atoms with E-state index in [0.717, 1.165) is 18.5 Å². The van der Waals surface area contributed by atoms with Crippen LogP contribution in [0.5, 0.6) is 0 Å². The molecule has 1 aromatic rings. The predicted octanol–water partition coefficient (Wildman–Crippen LogP) is 6.70. The van der Waals surface area contributed by atoms with Crippen LogP contribution in [0.3, 0.4) is 0 Å². The molecule has 4 rings (SSSR count). The van der Waals surface area contributed by atoms with E-state index in [0.29, 0.717) is 17.9 Å². The van der Waals surface area contributed by atoms with Gasteiger partial charge in [0.05, 0.1) is 5.69 Å². The van der Waals surface area contributed by atoms with Crippen LogP contribution in [0.4, 0.5) is 10.5 Å². The van der Waals surface area contributed by atoms with E-state index < -0.39 is 0 Å². The summed E-state index contributed by atoms with van der Waals surface area (Å²) >= 11 is 4.76. The fourth-order valence-electron chi connectivity index (χ4n) is 5.54. The molecule has 0 spiro atoms. The highest BCUT2D eigenvalue weighted by Gasteiger charge is 2.30. The van der Waals surface area contributed by atoms with E-state index in [1.54, 1.807) is 4.31 Å². The summed E-state index contributed by atoms with van der Waals surface area (Å²) in [4.78, 5) is 13.1. The van der Waals surface area contributed by atoms with Crippen LogP contribution in [-0.4, -0.2) is 12.1 Å². The predicted molar refractivity (Wildman–Crippen MR) is 116 cm³/mol. The number of nitrogens with zero attached hydrogens (tertiary/aromatic N) is 1. The SMILES string of the molecule is O=C(NC1CCCCC1)N(S)c1c(C2CCCC2)cccc1C1CCCC1. The Morgan fingerprint density at radius 1 is 0.815 bits per heavy atom. The molecule has 3 fully saturated rings. The topological polar surface area (TPSA) is 32.3 Å². The number of nitrogens with one attached hydrogen (secondary N) is 1. The molecule has 0 heterocycles. The number of carbonyl (C=O) groups is 1. The third kappa shape index (κ3) is 4.31. The summed E-state index contributed by atoms with van der Waals surface area (Å²) in [6, 6.07) is 7.00. The van der Waals surface area contributed by atoms with Gasteiger partial charge in [0, 0.05) is 6.04 Å². The molecule has 0 unspecified atom stereocenters. The van der Waals surface area contributed by atoms with E-state index in [1.165, 1.54) is 81.8 Å². The average Bonchev–Trinajstić information content (AvgIpc) is 3.41. The van der Waals surface area contributed by atoms with Crippen molar-refractivity contribution >= 4 is 24.5 Å². The Morgan fingerprint density at radius 2 is 1.30 bits per heavy atom. The lowest BCUT2D eigenvalue weighted by Gasteiger charge is -2.30. The molecule has 3 nitrogen and oxygen atoms in total. The standard InChI is InChI=1S/C23H34N2OS/c26-23(24-19-13-2-1-3-14-19)25(27)22-20(17-9-4-5-10-17)15-8-16-21(22)18-11-6-7-12-18/h8,15-19,27H,1-7,9-14H2,(H,24,26). The van der Waals surface area contributed by atoms with Gasteiger partial charge in [0.25, 0.3) is 0 Å². The number of urea groups is 1. The molecule has 4 heteroatoms. The molecule has 2 amide bonds. The van der Waals surface area contributed by atoms with Crippen molar-refractivity contribution in [2.75, 3.05) is 4.31 Å². The first-order valence-corrected chi connectivity index (χ1v) is 11.6. The molecule has 1 aromatic carbocycles. The van der Waals surface area contributed by atoms with Gasteiger partial charge in [-0.3, -0.25) is 0 Å². The van der Waals surface area contributed by atoms with E-state index in [1.807, 2.05) is 0 Å². The fraction of sp³-hybridized carbons (Fsp3) is 0.696. The first-order chi connectivity index (χ1) is 13.2. The van der Waals surface area contributed by atoms with Crippen LogP contribution in [0.15, 0.2) is 18.2 Å². The summed E-state index contributed by atoms with van der Waals surface area (Å²) in [5.41, 5.74) is 3.81. The number of anilines is 1. The number of thiol groups is 1. The molecule has 1 N–H and O–H groups in total. The summed E-state index contributed by atoms with van der Waals surface area (Å²) in [5.74, 6) is 1.16. The highest BCUT2D eigenvalue weighted by molar-refractivity contribution is 7.82. The molecule has 3 aliphatic rings. The quantitative estimate of drug-likeness (QED) is 0.555. The maximum absolute atomic E-state index is 13.1. The van der Waals surface area contributed by atoms with Crippen LogP contribution in [0.25, 0.3) is 0 Å². The van der Waals surface area contributed by atoms with E-state index >= 15 is 0 Å². The first kappa shape index (κ1) is 19.2. The smallest absolute Gasteiger partial charge is 0.332 e. The number of amides is 2. The molecule has 0 atom stereocenters. The zero-order valence-electron chi connectivity index (χ0n) is 16.5. The van der Waals surface area contributed by atoms with Gasteiger partial charge in [-0.1, -0.05) is 76.0 Å². The number of hydrogen-bond acceptors (Lipinski definition) is 2. The Hall–Kier alpha value is -1.16. The van der Waals surface area contributed by atoms with Crippen molar-refractivity contribution in [3.8, 4) is 0 Å². The third-order valence-corrected chi connectivity index (χ3v) is 7.41. The minimum atomic E-state index is -0.0325. The van der Waals surface area contributed by atoms with Crippen molar-refractivity contribution in [1.82, 2.24) is 5.32 Å². The van der Waals surface area contributed by atoms with Crippen molar-refractivity contribution in [2.45, 2.75) is 101 Å². The fourth-order valence-corrected chi connectivity index (χ4v) is 5.83. The molecule has 3 aliphatic carbocycles. The Balaban J connectivity index is 1.62. The normalized spacial score (nSPS) is 22.3. The molecule has 0 saturated heterocycles. The van der Waals surface area contributed by atoms with Crippen LogP contribution in [0.1, 0.15) is 106 Å². The number of rotatable bonds is 4. The van der Waals surface area contributed by atoms with E-state index in [9.17, 15) is 4.79 Å². The van der Waals surface area contributed by atoms with Crippen molar-refractivity contribution in [2.24, 2.45) is 0 Å². The van der Waals surface area contributed by atoms with Gasteiger partial charge in [-0.15, -0.1) is 0 Å². The molecule has 27 heavy (non-hydrogen) atoms. The second kappa shape index (κ2) is 8.89. The molecule has 0 radical (unpaired) electrons. The molecule has 148 valence electrons. The number of carbonyl (C=O) groups excluding carboxylic acids is 1. The van der Waals surface area contributed by atoms with Crippen LogP contribution in [-0.2, 0) is 0 Å². The molecular formula is C23H34N2OS. The molecule has 0 aliphatic heterocycles. The van der Waals surface area contributed by atoms with Gasteiger partial charge < -0.3 is 5.32 Å². The zero-order chi connectivity index (χ0) is 18.6. The lowest BCUT2D eigenvalue weighted by atomic mass is 9.88. The molecule has 0 bridgehead atoms. The molecular weight excluding hydrogens is 352 g/mol.